The number of aliphatic hydroxyl groups excluding tert-OH is 1. The summed E-state index contributed by atoms with van der Waals surface area (Å²) in [5.41, 5.74) is 0. The van der Waals surface area contributed by atoms with Crippen LogP contribution in [0.4, 0.5) is 0 Å². The number of rotatable bonds is 5. The van der Waals surface area contributed by atoms with Crippen molar-refractivity contribution in [2.24, 2.45) is 5.92 Å². The summed E-state index contributed by atoms with van der Waals surface area (Å²) in [7, 11) is 0. The molecule has 1 N–H and O–H groups in total. The van der Waals surface area contributed by atoms with Gasteiger partial charge in [0.05, 0.1) is 19.1 Å². The minimum Gasteiger partial charge on any atom is -0.466 e. The first kappa shape index (κ1) is 12.2. The fraction of sp³-hybridized carbons (Fsp3) is 0.700. The third kappa shape index (κ3) is 6.34. The monoisotopic (exact) mass is 186 g/mol. The van der Waals surface area contributed by atoms with E-state index in [-0.39, 0.29) is 18.3 Å². The van der Waals surface area contributed by atoms with Gasteiger partial charge in [-0.15, -0.1) is 0 Å². The Morgan fingerprint density at radius 1 is 1.54 bits per heavy atom. The molecular formula is C10H18O3. The van der Waals surface area contributed by atoms with Gasteiger partial charge in [0.15, 0.2) is 0 Å². The smallest absolute Gasteiger partial charge is 0.309 e. The molecule has 0 unspecified atom stereocenters. The van der Waals surface area contributed by atoms with Crippen molar-refractivity contribution in [3.8, 4) is 0 Å². The van der Waals surface area contributed by atoms with Gasteiger partial charge in [-0.2, -0.15) is 0 Å². The molecule has 0 bridgehead atoms. The van der Waals surface area contributed by atoms with E-state index in [2.05, 4.69) is 0 Å². The summed E-state index contributed by atoms with van der Waals surface area (Å²) in [6.07, 6.45) is 3.02. The first-order valence-electron chi connectivity index (χ1n) is 4.58. The Bertz CT molecular complexity index is 173. The van der Waals surface area contributed by atoms with Gasteiger partial charge in [0.25, 0.3) is 0 Å². The van der Waals surface area contributed by atoms with Crippen LogP contribution in [0.15, 0.2) is 12.2 Å². The normalized spacial score (nSPS) is 13.6. The molecule has 0 aliphatic rings. The first-order chi connectivity index (χ1) is 6.07. The summed E-state index contributed by atoms with van der Waals surface area (Å²) < 4.78 is 4.71. The predicted molar refractivity (Wildman–Crippen MR) is 51.2 cm³/mol. The molecule has 0 heterocycles. The maximum atomic E-state index is 10.8. The molecule has 0 aliphatic carbocycles. The van der Waals surface area contributed by atoms with Crippen molar-refractivity contribution >= 4 is 5.97 Å². The van der Waals surface area contributed by atoms with Gasteiger partial charge in [-0.25, -0.2) is 0 Å². The molecule has 0 aromatic carbocycles. The molecule has 0 saturated heterocycles. The van der Waals surface area contributed by atoms with Gasteiger partial charge in [0.1, 0.15) is 0 Å². The molecular weight excluding hydrogens is 168 g/mol. The van der Waals surface area contributed by atoms with Crippen molar-refractivity contribution < 1.29 is 14.6 Å². The van der Waals surface area contributed by atoms with E-state index in [9.17, 15) is 9.90 Å². The molecule has 0 spiro atoms. The molecule has 0 saturated carbocycles. The third-order valence-electron chi connectivity index (χ3n) is 1.61. The average Bonchev–Trinajstić information content (AvgIpc) is 2.04. The number of ether oxygens (including phenoxy) is 1. The van der Waals surface area contributed by atoms with E-state index >= 15 is 0 Å². The molecule has 3 heteroatoms. The van der Waals surface area contributed by atoms with Crippen LogP contribution in [-0.2, 0) is 9.53 Å². The van der Waals surface area contributed by atoms with Crippen molar-refractivity contribution in [1.29, 1.82) is 0 Å². The topological polar surface area (TPSA) is 46.5 Å². The summed E-state index contributed by atoms with van der Waals surface area (Å²) in [6, 6.07) is 0. The van der Waals surface area contributed by atoms with Crippen LogP contribution in [0.3, 0.4) is 0 Å². The number of hydrogen-bond donors (Lipinski definition) is 1. The zero-order chi connectivity index (χ0) is 10.3. The first-order valence-corrected chi connectivity index (χ1v) is 4.58. The zero-order valence-electron chi connectivity index (χ0n) is 8.49. The predicted octanol–water partition coefficient (Wildman–Crippen LogP) is 1.51. The average molecular weight is 186 g/mol. The molecule has 1 atom stereocenters. The molecule has 0 fully saturated rings. The summed E-state index contributed by atoms with van der Waals surface area (Å²) in [5.74, 6) is -0.0758. The van der Waals surface area contributed by atoms with E-state index in [1.807, 2.05) is 13.8 Å². The van der Waals surface area contributed by atoms with Crippen LogP contribution in [0.25, 0.3) is 0 Å². The van der Waals surface area contributed by atoms with Crippen LogP contribution in [0, 0.1) is 5.92 Å². The van der Waals surface area contributed by atoms with Crippen LogP contribution in [0.1, 0.15) is 27.2 Å². The molecule has 0 aromatic rings. The van der Waals surface area contributed by atoms with Crippen LogP contribution >= 0.6 is 0 Å². The lowest BCUT2D eigenvalue weighted by atomic mass is 10.1. The Balaban J connectivity index is 3.68. The van der Waals surface area contributed by atoms with Crippen molar-refractivity contribution in [1.82, 2.24) is 0 Å². The van der Waals surface area contributed by atoms with Crippen molar-refractivity contribution in [3.05, 3.63) is 12.2 Å². The van der Waals surface area contributed by atoms with E-state index < -0.39 is 6.10 Å². The SMILES string of the molecule is CCOC(=O)C/C=C/[C@H](O)C(C)C. The Hall–Kier alpha value is -0.830. The Morgan fingerprint density at radius 3 is 2.62 bits per heavy atom. The number of carbonyl (C=O) groups is 1. The molecule has 76 valence electrons. The largest absolute Gasteiger partial charge is 0.466 e. The van der Waals surface area contributed by atoms with Gasteiger partial charge in [0.2, 0.25) is 0 Å². The quantitative estimate of drug-likeness (QED) is 0.523. The highest BCUT2D eigenvalue weighted by atomic mass is 16.5. The van der Waals surface area contributed by atoms with E-state index in [4.69, 9.17) is 4.74 Å². The summed E-state index contributed by atoms with van der Waals surface area (Å²) in [4.78, 5) is 10.8. The highest BCUT2D eigenvalue weighted by molar-refractivity contribution is 5.71. The van der Waals surface area contributed by atoms with Crippen molar-refractivity contribution in [2.45, 2.75) is 33.3 Å². The molecule has 0 radical (unpaired) electrons. The lowest BCUT2D eigenvalue weighted by Gasteiger charge is -2.08. The molecule has 0 aromatic heterocycles. The lowest BCUT2D eigenvalue weighted by Crippen LogP contribution is -2.11. The van der Waals surface area contributed by atoms with E-state index in [1.54, 1.807) is 19.1 Å². The van der Waals surface area contributed by atoms with Gasteiger partial charge in [-0.1, -0.05) is 26.0 Å². The molecule has 3 nitrogen and oxygen atoms in total. The number of carbonyl (C=O) groups excluding carboxylic acids is 1. The van der Waals surface area contributed by atoms with Crippen LogP contribution in [0.2, 0.25) is 0 Å². The van der Waals surface area contributed by atoms with E-state index in [0.717, 1.165) is 0 Å². The maximum absolute atomic E-state index is 10.8. The highest BCUT2D eigenvalue weighted by Crippen LogP contribution is 2.02. The Morgan fingerprint density at radius 2 is 2.15 bits per heavy atom. The van der Waals surface area contributed by atoms with E-state index in [1.165, 1.54) is 0 Å². The molecule has 0 amide bonds. The van der Waals surface area contributed by atoms with Gasteiger partial charge >= 0.3 is 5.97 Å². The summed E-state index contributed by atoms with van der Waals surface area (Å²) in [6.45, 7) is 6.00. The Kier molecular flexibility index (Phi) is 6.24. The Labute approximate surface area is 79.4 Å². The third-order valence-corrected chi connectivity index (χ3v) is 1.61. The minimum absolute atomic E-state index is 0.179. The second kappa shape index (κ2) is 6.66. The van der Waals surface area contributed by atoms with Crippen LogP contribution in [-0.4, -0.2) is 23.8 Å². The second-order valence-corrected chi connectivity index (χ2v) is 3.17. The maximum Gasteiger partial charge on any atom is 0.309 e. The minimum atomic E-state index is -0.477. The number of hydrogen-bond acceptors (Lipinski definition) is 3. The second-order valence-electron chi connectivity index (χ2n) is 3.17. The van der Waals surface area contributed by atoms with Gasteiger partial charge in [-0.05, 0) is 12.8 Å². The summed E-state index contributed by atoms with van der Waals surface area (Å²) >= 11 is 0. The fourth-order valence-electron chi connectivity index (χ4n) is 0.746. The highest BCUT2D eigenvalue weighted by Gasteiger charge is 2.04. The van der Waals surface area contributed by atoms with Gasteiger partial charge in [-0.3, -0.25) is 4.79 Å². The molecule has 0 rings (SSSR count). The standard InChI is InChI=1S/C10H18O3/c1-4-13-10(12)7-5-6-9(11)8(2)3/h5-6,8-9,11H,4,7H2,1-3H3/b6-5+/t9-/m0/s1. The zero-order valence-corrected chi connectivity index (χ0v) is 8.49. The van der Waals surface area contributed by atoms with Crippen LogP contribution < -0.4 is 0 Å². The number of aliphatic hydroxyl groups is 1. The van der Waals surface area contributed by atoms with Gasteiger partial charge in [0, 0.05) is 0 Å². The molecule has 0 aliphatic heterocycles. The van der Waals surface area contributed by atoms with Crippen LogP contribution in [0.5, 0.6) is 0 Å². The lowest BCUT2D eigenvalue weighted by molar-refractivity contribution is -0.142. The summed E-state index contributed by atoms with van der Waals surface area (Å²) in [5, 5.41) is 9.33. The molecule has 13 heavy (non-hydrogen) atoms. The van der Waals surface area contributed by atoms with Crippen molar-refractivity contribution in [3.63, 3.8) is 0 Å². The van der Waals surface area contributed by atoms with Crippen molar-refractivity contribution in [2.75, 3.05) is 6.61 Å². The number of esters is 1. The fourth-order valence-corrected chi connectivity index (χ4v) is 0.746. The van der Waals surface area contributed by atoms with Gasteiger partial charge < -0.3 is 9.84 Å². The van der Waals surface area contributed by atoms with E-state index in [0.29, 0.717) is 6.61 Å².